The molecule has 1 N–H and O–H groups in total. The molecule has 0 saturated carbocycles. The van der Waals surface area contributed by atoms with E-state index in [9.17, 15) is 23.9 Å². The fourth-order valence-electron chi connectivity index (χ4n) is 5.22. The van der Waals surface area contributed by atoms with Gasteiger partial charge in [0.25, 0.3) is 17.6 Å². The molecule has 3 aliphatic heterocycles. The van der Waals surface area contributed by atoms with Crippen molar-refractivity contribution in [1.29, 1.82) is 0 Å². The molecule has 1 atom stereocenters. The van der Waals surface area contributed by atoms with E-state index < -0.39 is 34.7 Å². The topological polar surface area (TPSA) is 90.4 Å². The molecule has 2 saturated heterocycles. The van der Waals surface area contributed by atoms with Crippen LogP contribution in [-0.4, -0.2) is 78.9 Å². The Morgan fingerprint density at radius 3 is 2.51 bits per heavy atom. The van der Waals surface area contributed by atoms with Gasteiger partial charge in [0.1, 0.15) is 11.6 Å². The maximum absolute atomic E-state index is 14.4. The van der Waals surface area contributed by atoms with Crippen LogP contribution in [0.2, 0.25) is 0 Å². The molecular weight excluding hydrogens is 453 g/mol. The van der Waals surface area contributed by atoms with Crippen molar-refractivity contribution in [3.05, 3.63) is 70.5 Å². The zero-order valence-corrected chi connectivity index (χ0v) is 19.6. The van der Waals surface area contributed by atoms with Gasteiger partial charge in [-0.1, -0.05) is 30.3 Å². The summed E-state index contributed by atoms with van der Waals surface area (Å²) in [5, 5.41) is 11.3. The quantitative estimate of drug-likeness (QED) is 0.410. The predicted molar refractivity (Wildman–Crippen MR) is 126 cm³/mol. The van der Waals surface area contributed by atoms with Gasteiger partial charge in [-0.2, -0.15) is 0 Å². The average molecular weight is 480 g/mol. The van der Waals surface area contributed by atoms with Gasteiger partial charge in [0, 0.05) is 50.0 Å². The van der Waals surface area contributed by atoms with Gasteiger partial charge in [0.15, 0.2) is 5.54 Å². The first kappa shape index (κ1) is 23.2. The van der Waals surface area contributed by atoms with Gasteiger partial charge in [-0.3, -0.25) is 19.3 Å². The van der Waals surface area contributed by atoms with E-state index in [2.05, 4.69) is 4.90 Å². The molecule has 0 radical (unpaired) electrons. The number of carbonyl (C=O) groups is 3. The average Bonchev–Trinajstić information content (AvgIpc) is 3.23. The lowest BCUT2D eigenvalue weighted by Gasteiger charge is -2.36. The van der Waals surface area contributed by atoms with Crippen LogP contribution in [0.4, 0.5) is 10.1 Å². The number of nitrogens with zero attached hydrogens (tertiary/aromatic N) is 3. The van der Waals surface area contributed by atoms with Crippen LogP contribution in [0.25, 0.3) is 5.76 Å². The summed E-state index contributed by atoms with van der Waals surface area (Å²) >= 11 is 0. The normalized spacial score (nSPS) is 24.0. The molecule has 2 aromatic carbocycles. The number of benzene rings is 2. The van der Waals surface area contributed by atoms with Crippen molar-refractivity contribution in [2.75, 3.05) is 51.3 Å². The van der Waals surface area contributed by atoms with Crippen LogP contribution >= 0.6 is 0 Å². The number of hydrogen-bond donors (Lipinski definition) is 1. The SMILES string of the molecule is Cc1ccc(C(O)=C2C(=O)C(=O)N(CCN3CCOCC3)[C@@]23C(=O)N(C)c2ccccc23)cc1F. The van der Waals surface area contributed by atoms with E-state index in [1.165, 1.54) is 21.9 Å². The van der Waals surface area contributed by atoms with Crippen LogP contribution in [0.5, 0.6) is 0 Å². The lowest BCUT2D eigenvalue weighted by molar-refractivity contribution is -0.144. The number of rotatable bonds is 4. The fourth-order valence-corrected chi connectivity index (χ4v) is 5.22. The van der Waals surface area contributed by atoms with E-state index in [0.29, 0.717) is 49.7 Å². The predicted octanol–water partition coefficient (Wildman–Crippen LogP) is 2.02. The Hall–Kier alpha value is -3.56. The van der Waals surface area contributed by atoms with Crippen LogP contribution in [0, 0.1) is 12.7 Å². The molecule has 9 heteroatoms. The van der Waals surface area contributed by atoms with Crippen LogP contribution in [0.3, 0.4) is 0 Å². The van der Waals surface area contributed by atoms with Crippen molar-refractivity contribution in [1.82, 2.24) is 9.80 Å². The fraction of sp³-hybridized carbons (Fsp3) is 0.346. The number of likely N-dealkylation sites (tertiary alicyclic amines) is 1. The second kappa shape index (κ2) is 8.58. The largest absolute Gasteiger partial charge is 0.507 e. The van der Waals surface area contributed by atoms with Crippen LogP contribution in [-0.2, 0) is 24.7 Å². The second-order valence-electron chi connectivity index (χ2n) is 9.02. The first-order valence-corrected chi connectivity index (χ1v) is 11.5. The maximum atomic E-state index is 14.4. The smallest absolute Gasteiger partial charge is 0.296 e. The Kier molecular flexibility index (Phi) is 5.69. The molecule has 2 amide bonds. The van der Waals surface area contributed by atoms with Gasteiger partial charge in [0.2, 0.25) is 0 Å². The van der Waals surface area contributed by atoms with Gasteiger partial charge >= 0.3 is 0 Å². The number of carbonyl (C=O) groups excluding carboxylic acids is 3. The molecule has 0 aromatic heterocycles. The number of ether oxygens (including phenoxy) is 1. The highest BCUT2D eigenvalue weighted by Gasteiger charge is 2.66. The third-order valence-corrected chi connectivity index (χ3v) is 7.13. The molecule has 0 bridgehead atoms. The summed E-state index contributed by atoms with van der Waals surface area (Å²) < 4.78 is 19.8. The molecule has 182 valence electrons. The molecule has 5 rings (SSSR count). The number of likely N-dealkylation sites (N-methyl/N-ethyl adjacent to an activating group) is 1. The number of aryl methyl sites for hydroxylation is 1. The number of ketones is 1. The van der Waals surface area contributed by atoms with Crippen LogP contribution < -0.4 is 4.90 Å². The first-order valence-electron chi connectivity index (χ1n) is 11.5. The Morgan fingerprint density at radius 1 is 1.09 bits per heavy atom. The lowest BCUT2D eigenvalue weighted by atomic mass is 9.82. The highest BCUT2D eigenvalue weighted by atomic mass is 19.1. The Morgan fingerprint density at radius 2 is 1.80 bits per heavy atom. The summed E-state index contributed by atoms with van der Waals surface area (Å²) in [6, 6.07) is 11.0. The lowest BCUT2D eigenvalue weighted by Crippen LogP contribution is -2.53. The number of para-hydroxylation sites is 1. The zero-order chi connectivity index (χ0) is 24.9. The molecule has 3 heterocycles. The van der Waals surface area contributed by atoms with E-state index >= 15 is 0 Å². The summed E-state index contributed by atoms with van der Waals surface area (Å²) in [6.07, 6.45) is 0. The minimum absolute atomic E-state index is 0.0264. The molecule has 8 nitrogen and oxygen atoms in total. The third-order valence-electron chi connectivity index (χ3n) is 7.13. The Bertz CT molecular complexity index is 1270. The van der Waals surface area contributed by atoms with Crippen molar-refractivity contribution < 1.29 is 28.6 Å². The number of aliphatic hydroxyl groups is 1. The van der Waals surface area contributed by atoms with Crippen molar-refractivity contribution in [3.63, 3.8) is 0 Å². The van der Waals surface area contributed by atoms with E-state index in [1.54, 1.807) is 38.2 Å². The number of fused-ring (bicyclic) bond motifs is 2. The van der Waals surface area contributed by atoms with Gasteiger partial charge in [-0.15, -0.1) is 0 Å². The van der Waals surface area contributed by atoms with Gasteiger partial charge in [-0.25, -0.2) is 4.39 Å². The summed E-state index contributed by atoms with van der Waals surface area (Å²) in [4.78, 5) is 45.6. The molecule has 1 spiro atoms. The zero-order valence-electron chi connectivity index (χ0n) is 19.6. The molecule has 0 aliphatic carbocycles. The van der Waals surface area contributed by atoms with Gasteiger partial charge in [0.05, 0.1) is 18.8 Å². The highest BCUT2D eigenvalue weighted by molar-refractivity contribution is 6.50. The molecule has 0 unspecified atom stereocenters. The monoisotopic (exact) mass is 479 g/mol. The maximum Gasteiger partial charge on any atom is 0.296 e. The van der Waals surface area contributed by atoms with Crippen LogP contribution in [0.15, 0.2) is 48.0 Å². The molecule has 35 heavy (non-hydrogen) atoms. The minimum Gasteiger partial charge on any atom is -0.507 e. The van der Waals surface area contributed by atoms with Crippen LogP contribution in [0.1, 0.15) is 16.7 Å². The first-order chi connectivity index (χ1) is 16.8. The number of hydrogen-bond acceptors (Lipinski definition) is 6. The number of morpholine rings is 1. The minimum atomic E-state index is -1.84. The van der Waals surface area contributed by atoms with E-state index in [1.807, 2.05) is 0 Å². The van der Waals surface area contributed by atoms with Gasteiger partial charge < -0.3 is 19.6 Å². The highest BCUT2D eigenvalue weighted by Crippen LogP contribution is 2.53. The number of aliphatic hydroxyl groups excluding tert-OH is 1. The Balaban J connectivity index is 1.70. The number of amides is 2. The molecule has 2 fully saturated rings. The summed E-state index contributed by atoms with van der Waals surface area (Å²) in [7, 11) is 1.57. The van der Waals surface area contributed by atoms with E-state index in [4.69, 9.17) is 4.74 Å². The van der Waals surface area contributed by atoms with Crippen molar-refractivity contribution >= 4 is 29.0 Å². The summed E-state index contributed by atoms with van der Waals surface area (Å²) in [5.41, 5.74) is -0.811. The Labute approximate surface area is 202 Å². The number of anilines is 1. The van der Waals surface area contributed by atoms with Crippen molar-refractivity contribution in [2.45, 2.75) is 12.5 Å². The summed E-state index contributed by atoms with van der Waals surface area (Å²) in [6.45, 7) is 4.57. The molecular formula is C26H26FN3O5. The van der Waals surface area contributed by atoms with E-state index in [-0.39, 0.29) is 17.7 Å². The third kappa shape index (κ3) is 3.37. The number of Topliss-reactive ketones (excluding diaryl/α,β-unsaturated/α-hetero) is 1. The summed E-state index contributed by atoms with van der Waals surface area (Å²) in [5.74, 6) is -3.50. The number of halogens is 1. The van der Waals surface area contributed by atoms with Crippen molar-refractivity contribution in [3.8, 4) is 0 Å². The molecule has 3 aliphatic rings. The standard InChI is InChI=1S/C26H26FN3O5/c1-16-7-8-17(15-19(16)27)22(31)21-23(32)24(33)30(10-9-29-11-13-35-14-12-29)26(21)18-5-3-4-6-20(18)28(2)25(26)34/h3-8,15,31H,9-14H2,1-2H3/t26-/m1/s1. The van der Waals surface area contributed by atoms with Gasteiger partial charge in [-0.05, 0) is 24.6 Å². The van der Waals surface area contributed by atoms with Crippen molar-refractivity contribution in [2.24, 2.45) is 0 Å². The second-order valence-corrected chi connectivity index (χ2v) is 9.02. The van der Waals surface area contributed by atoms with E-state index in [0.717, 1.165) is 6.07 Å². The molecule has 2 aromatic rings.